The molecule has 0 saturated heterocycles. The van der Waals surface area contributed by atoms with Crippen LogP contribution in [0.2, 0.25) is 0 Å². The van der Waals surface area contributed by atoms with Gasteiger partial charge in [0.1, 0.15) is 23.7 Å². The number of aromatic nitrogens is 3. The third kappa shape index (κ3) is 3.45. The summed E-state index contributed by atoms with van der Waals surface area (Å²) in [6.45, 7) is 0. The summed E-state index contributed by atoms with van der Waals surface area (Å²) in [4.78, 5) is 11.2. The predicted octanol–water partition coefficient (Wildman–Crippen LogP) is 2.58. The van der Waals surface area contributed by atoms with Crippen LogP contribution in [-0.2, 0) is 11.2 Å². The Morgan fingerprint density at radius 1 is 0.960 bits per heavy atom. The highest BCUT2D eigenvalue weighted by Gasteiger charge is 2.18. The molecule has 0 amide bonds. The molecule has 1 heterocycles. The summed E-state index contributed by atoms with van der Waals surface area (Å²) >= 11 is 0. The van der Waals surface area contributed by atoms with Crippen molar-refractivity contribution in [3.63, 3.8) is 0 Å². The molecule has 0 fully saturated rings. The van der Waals surface area contributed by atoms with E-state index in [2.05, 4.69) is 10.2 Å². The van der Waals surface area contributed by atoms with Gasteiger partial charge in [-0.2, -0.15) is 0 Å². The molecule has 0 radical (unpaired) electrons. The molecule has 128 valence electrons. The van der Waals surface area contributed by atoms with Crippen LogP contribution >= 0.6 is 0 Å². The van der Waals surface area contributed by atoms with Gasteiger partial charge in [-0.1, -0.05) is 0 Å². The number of carboxylic acid groups (broad SMARTS) is 1. The molecular weight excluding hydrogens is 322 g/mol. The Hall–Kier alpha value is -3.35. The molecule has 25 heavy (non-hydrogen) atoms. The summed E-state index contributed by atoms with van der Waals surface area (Å²) in [5.74, 6) is 1.38. The van der Waals surface area contributed by atoms with Crippen LogP contribution in [0, 0.1) is 0 Å². The van der Waals surface area contributed by atoms with E-state index in [1.165, 1.54) is 0 Å². The van der Waals surface area contributed by atoms with Gasteiger partial charge in [0, 0.05) is 11.3 Å². The van der Waals surface area contributed by atoms with Crippen LogP contribution in [0.25, 0.3) is 17.1 Å². The molecule has 2 aromatic carbocycles. The van der Waals surface area contributed by atoms with Crippen LogP contribution in [0.15, 0.2) is 48.5 Å². The lowest BCUT2D eigenvalue weighted by Gasteiger charge is -2.11. The molecule has 1 N–H and O–H groups in total. The number of hydrogen-bond acceptors (Lipinski definition) is 5. The maximum absolute atomic E-state index is 11.2. The molecule has 3 rings (SSSR count). The van der Waals surface area contributed by atoms with Crippen molar-refractivity contribution in [2.24, 2.45) is 0 Å². The number of carboxylic acids is 1. The topological polar surface area (TPSA) is 86.5 Å². The highest BCUT2D eigenvalue weighted by molar-refractivity contribution is 5.70. The van der Waals surface area contributed by atoms with Crippen LogP contribution in [0.3, 0.4) is 0 Å². The van der Waals surface area contributed by atoms with Crippen LogP contribution in [0.5, 0.6) is 11.5 Å². The van der Waals surface area contributed by atoms with E-state index in [-0.39, 0.29) is 6.42 Å². The minimum Gasteiger partial charge on any atom is -0.497 e. The Kier molecular flexibility index (Phi) is 4.65. The number of nitrogens with zero attached hydrogens (tertiary/aromatic N) is 3. The summed E-state index contributed by atoms with van der Waals surface area (Å²) in [5.41, 5.74) is 1.56. The number of ether oxygens (including phenoxy) is 2. The van der Waals surface area contributed by atoms with Crippen molar-refractivity contribution < 1.29 is 19.4 Å². The molecule has 7 nitrogen and oxygen atoms in total. The summed E-state index contributed by atoms with van der Waals surface area (Å²) in [5, 5.41) is 17.4. The molecule has 3 aromatic rings. The molecule has 0 spiro atoms. The van der Waals surface area contributed by atoms with E-state index in [0.29, 0.717) is 17.4 Å². The Bertz CT molecular complexity index is 870. The zero-order valence-electron chi connectivity index (χ0n) is 13.8. The molecule has 7 heteroatoms. The molecule has 0 atom stereocenters. The van der Waals surface area contributed by atoms with E-state index < -0.39 is 5.97 Å². The predicted molar refractivity (Wildman–Crippen MR) is 91.2 cm³/mol. The first-order chi connectivity index (χ1) is 12.1. The van der Waals surface area contributed by atoms with E-state index in [4.69, 9.17) is 14.6 Å². The van der Waals surface area contributed by atoms with Crippen LogP contribution in [0.4, 0.5) is 0 Å². The first-order valence-electron chi connectivity index (χ1n) is 7.57. The maximum atomic E-state index is 11.2. The molecule has 0 bridgehead atoms. The van der Waals surface area contributed by atoms with Gasteiger partial charge in [0.05, 0.1) is 14.2 Å². The van der Waals surface area contributed by atoms with E-state index in [0.717, 1.165) is 17.0 Å². The quantitative estimate of drug-likeness (QED) is 0.743. The van der Waals surface area contributed by atoms with E-state index in [1.54, 1.807) is 30.9 Å². The van der Waals surface area contributed by atoms with E-state index in [9.17, 15) is 4.79 Å². The van der Waals surface area contributed by atoms with Crippen molar-refractivity contribution in [1.82, 2.24) is 14.8 Å². The first-order valence-corrected chi connectivity index (χ1v) is 7.57. The lowest BCUT2D eigenvalue weighted by atomic mass is 10.2. The zero-order valence-corrected chi connectivity index (χ0v) is 13.8. The van der Waals surface area contributed by atoms with Gasteiger partial charge >= 0.3 is 5.97 Å². The van der Waals surface area contributed by atoms with Gasteiger partial charge < -0.3 is 14.6 Å². The molecule has 0 aliphatic heterocycles. The lowest BCUT2D eigenvalue weighted by Crippen LogP contribution is -2.09. The SMILES string of the molecule is COc1ccc(-c2nnc(CC(=O)O)n2-c2ccc(OC)cc2)cc1. The number of hydrogen-bond donors (Lipinski definition) is 1. The number of carbonyl (C=O) groups is 1. The number of aliphatic carboxylic acids is 1. The largest absolute Gasteiger partial charge is 0.497 e. The van der Waals surface area contributed by atoms with Gasteiger partial charge in [-0.05, 0) is 48.5 Å². The molecular formula is C18H17N3O4. The normalized spacial score (nSPS) is 10.5. The highest BCUT2D eigenvalue weighted by atomic mass is 16.5. The summed E-state index contributed by atoms with van der Waals surface area (Å²) < 4.78 is 12.1. The van der Waals surface area contributed by atoms with Gasteiger partial charge in [-0.25, -0.2) is 0 Å². The number of methoxy groups -OCH3 is 2. The summed E-state index contributed by atoms with van der Waals surface area (Å²) in [6.07, 6.45) is -0.227. The second kappa shape index (κ2) is 7.04. The van der Waals surface area contributed by atoms with Crippen LogP contribution in [-0.4, -0.2) is 40.1 Å². The second-order valence-corrected chi connectivity index (χ2v) is 5.27. The number of rotatable bonds is 6. The fourth-order valence-corrected chi connectivity index (χ4v) is 2.50. The highest BCUT2D eigenvalue weighted by Crippen LogP contribution is 2.26. The third-order valence-corrected chi connectivity index (χ3v) is 3.72. The van der Waals surface area contributed by atoms with Crippen molar-refractivity contribution in [2.45, 2.75) is 6.42 Å². The zero-order chi connectivity index (χ0) is 17.8. The average molecular weight is 339 g/mol. The van der Waals surface area contributed by atoms with Crippen molar-refractivity contribution >= 4 is 5.97 Å². The van der Waals surface area contributed by atoms with Crippen molar-refractivity contribution in [1.29, 1.82) is 0 Å². The maximum Gasteiger partial charge on any atom is 0.311 e. The standard InChI is InChI=1S/C18H17N3O4/c1-24-14-7-3-12(4-8-14)18-20-19-16(11-17(22)23)21(18)13-5-9-15(25-2)10-6-13/h3-10H,11H2,1-2H3,(H,22,23). The molecule has 0 aliphatic carbocycles. The van der Waals surface area contributed by atoms with Gasteiger partial charge in [0.25, 0.3) is 0 Å². The summed E-state index contributed by atoms with van der Waals surface area (Å²) in [7, 11) is 3.19. The fourth-order valence-electron chi connectivity index (χ4n) is 2.50. The Morgan fingerprint density at radius 2 is 1.52 bits per heavy atom. The molecule has 1 aromatic heterocycles. The Balaban J connectivity index is 2.11. The Morgan fingerprint density at radius 3 is 2.04 bits per heavy atom. The third-order valence-electron chi connectivity index (χ3n) is 3.72. The van der Waals surface area contributed by atoms with Crippen molar-refractivity contribution in [3.05, 3.63) is 54.4 Å². The van der Waals surface area contributed by atoms with Crippen LogP contribution < -0.4 is 9.47 Å². The second-order valence-electron chi connectivity index (χ2n) is 5.27. The van der Waals surface area contributed by atoms with Crippen LogP contribution in [0.1, 0.15) is 5.82 Å². The average Bonchev–Trinajstić information content (AvgIpc) is 3.04. The van der Waals surface area contributed by atoms with Gasteiger partial charge in [-0.3, -0.25) is 9.36 Å². The van der Waals surface area contributed by atoms with Crippen molar-refractivity contribution in [2.75, 3.05) is 14.2 Å². The van der Waals surface area contributed by atoms with E-state index >= 15 is 0 Å². The molecule has 0 saturated carbocycles. The molecule has 0 unspecified atom stereocenters. The minimum absolute atomic E-state index is 0.227. The lowest BCUT2D eigenvalue weighted by molar-refractivity contribution is -0.136. The van der Waals surface area contributed by atoms with Gasteiger partial charge in [-0.15, -0.1) is 10.2 Å². The number of benzene rings is 2. The van der Waals surface area contributed by atoms with E-state index in [1.807, 2.05) is 36.4 Å². The summed E-state index contributed by atoms with van der Waals surface area (Å²) in [6, 6.07) is 14.6. The van der Waals surface area contributed by atoms with Crippen molar-refractivity contribution in [3.8, 4) is 28.6 Å². The molecule has 0 aliphatic rings. The first kappa shape index (κ1) is 16.5. The Labute approximate surface area is 144 Å². The monoisotopic (exact) mass is 339 g/mol. The van der Waals surface area contributed by atoms with Gasteiger partial charge in [0.15, 0.2) is 5.82 Å². The smallest absolute Gasteiger partial charge is 0.311 e. The fraction of sp³-hybridized carbons (Fsp3) is 0.167. The minimum atomic E-state index is -0.969. The van der Waals surface area contributed by atoms with Gasteiger partial charge in [0.2, 0.25) is 0 Å².